The second kappa shape index (κ2) is 11.4. The molecule has 8 aromatic carbocycles. The van der Waals surface area contributed by atoms with E-state index in [1.54, 1.807) is 0 Å². The number of hydrogen-bond donors (Lipinski definition) is 0. The third kappa shape index (κ3) is 4.70. The van der Waals surface area contributed by atoms with Crippen LogP contribution in [0.15, 0.2) is 180 Å². The number of para-hydroxylation sites is 2. The lowest BCUT2D eigenvalue weighted by molar-refractivity contribution is 0.669. The van der Waals surface area contributed by atoms with E-state index in [1.807, 2.05) is 0 Å². The molecule has 2 nitrogen and oxygen atoms in total. The molecule has 9 aromatic rings. The van der Waals surface area contributed by atoms with Crippen LogP contribution in [0.1, 0.15) is 0 Å². The quantitative estimate of drug-likeness (QED) is 0.170. The highest BCUT2D eigenvalue weighted by Crippen LogP contribution is 2.44. The molecule has 0 saturated carbocycles. The Kier molecular flexibility index (Phi) is 6.67. The maximum atomic E-state index is 6.36. The van der Waals surface area contributed by atoms with Gasteiger partial charge in [0.15, 0.2) is 0 Å². The molecule has 0 aliphatic carbocycles. The van der Waals surface area contributed by atoms with Gasteiger partial charge in [-0.3, -0.25) is 0 Å². The van der Waals surface area contributed by atoms with Crippen molar-refractivity contribution >= 4 is 68.2 Å². The molecule has 1 aliphatic heterocycles. The largest absolute Gasteiger partial charge is 0.456 e. The normalized spacial score (nSPS) is 13.1. The summed E-state index contributed by atoms with van der Waals surface area (Å²) in [5, 5.41) is 7.88. The monoisotopic (exact) mass is 669 g/mol. The highest BCUT2D eigenvalue weighted by atomic mass is 28.3. The van der Waals surface area contributed by atoms with Crippen LogP contribution in [0.25, 0.3) is 66.1 Å². The first-order valence-electron chi connectivity index (χ1n) is 17.7. The number of hydrogen-bond acceptors (Lipinski definition) is 2. The first-order valence-corrected chi connectivity index (χ1v) is 20.7. The number of rotatable bonds is 5. The Bertz CT molecular complexity index is 2780. The number of nitrogens with zero attached hydrogens (tertiary/aromatic N) is 1. The highest BCUT2D eigenvalue weighted by Gasteiger charge is 2.39. The van der Waals surface area contributed by atoms with Crippen molar-refractivity contribution in [3.8, 4) is 33.4 Å². The van der Waals surface area contributed by atoms with E-state index in [-0.39, 0.29) is 0 Å². The van der Waals surface area contributed by atoms with Crippen LogP contribution in [0.5, 0.6) is 0 Å². The molecule has 3 heteroatoms. The second-order valence-corrected chi connectivity index (χ2v) is 18.5. The smallest absolute Gasteiger partial charge is 0.136 e. The van der Waals surface area contributed by atoms with Crippen LogP contribution in [-0.4, -0.2) is 8.07 Å². The first kappa shape index (κ1) is 29.7. The van der Waals surface area contributed by atoms with Crippen molar-refractivity contribution < 1.29 is 4.42 Å². The van der Waals surface area contributed by atoms with Crippen LogP contribution in [0.2, 0.25) is 13.1 Å². The van der Waals surface area contributed by atoms with Crippen molar-refractivity contribution in [2.24, 2.45) is 0 Å². The van der Waals surface area contributed by atoms with Crippen LogP contribution in [0, 0.1) is 0 Å². The summed E-state index contributed by atoms with van der Waals surface area (Å²) in [6.07, 6.45) is 0. The van der Waals surface area contributed by atoms with Crippen LogP contribution in [0.4, 0.5) is 17.1 Å². The molecular weight excluding hydrogens is 635 g/mol. The third-order valence-corrected chi connectivity index (χ3v) is 14.4. The summed E-state index contributed by atoms with van der Waals surface area (Å²) in [6.45, 7) is 4.99. The maximum Gasteiger partial charge on any atom is 0.136 e. The molecule has 0 spiro atoms. The van der Waals surface area contributed by atoms with E-state index in [1.165, 1.54) is 65.3 Å². The Hall–Kier alpha value is -6.16. The molecule has 10 rings (SSSR count). The summed E-state index contributed by atoms with van der Waals surface area (Å²) in [5.74, 6) is 0. The minimum absolute atomic E-state index is 0.946. The lowest BCUT2D eigenvalue weighted by Gasteiger charge is -2.29. The first-order chi connectivity index (χ1) is 25.0. The van der Waals surface area contributed by atoms with Gasteiger partial charge in [0.2, 0.25) is 0 Å². The van der Waals surface area contributed by atoms with Crippen LogP contribution < -0.4 is 15.3 Å². The minimum Gasteiger partial charge on any atom is -0.456 e. The van der Waals surface area contributed by atoms with E-state index in [0.29, 0.717) is 0 Å². The van der Waals surface area contributed by atoms with Gasteiger partial charge in [0.1, 0.15) is 19.2 Å². The summed E-state index contributed by atoms with van der Waals surface area (Å²) >= 11 is 0. The van der Waals surface area contributed by atoms with E-state index in [2.05, 4.69) is 194 Å². The summed E-state index contributed by atoms with van der Waals surface area (Å²) in [5.41, 5.74) is 12.9. The van der Waals surface area contributed by atoms with Gasteiger partial charge in [-0.2, -0.15) is 0 Å². The lowest BCUT2D eigenvalue weighted by atomic mass is 9.98. The van der Waals surface area contributed by atoms with Gasteiger partial charge in [0.25, 0.3) is 0 Å². The standard InChI is InChI=1S/C48H35NOSi/c1-51(2)45-29-28-44-47(40-17-9-11-19-43(40)50-44)48(45)41-27-26-38(31-46(41)51)49(42-18-10-8-16-39(42)34-13-4-3-5-14-34)37-24-22-33(23-25-37)36-21-20-32-12-6-7-15-35(32)30-36/h3-31H,1-2H3. The van der Waals surface area contributed by atoms with E-state index in [0.717, 1.165) is 28.2 Å². The molecule has 0 fully saturated rings. The van der Waals surface area contributed by atoms with Crippen molar-refractivity contribution in [3.63, 3.8) is 0 Å². The Morgan fingerprint density at radius 2 is 1.16 bits per heavy atom. The lowest BCUT2D eigenvalue weighted by Crippen LogP contribution is -2.49. The van der Waals surface area contributed by atoms with Gasteiger partial charge in [-0.25, -0.2) is 0 Å². The molecule has 0 radical (unpaired) electrons. The maximum absolute atomic E-state index is 6.36. The number of fused-ring (bicyclic) bond motifs is 8. The summed E-state index contributed by atoms with van der Waals surface area (Å²) in [7, 11) is -2.06. The molecule has 0 bridgehead atoms. The van der Waals surface area contributed by atoms with Crippen molar-refractivity contribution in [1.29, 1.82) is 0 Å². The fourth-order valence-electron chi connectivity index (χ4n) is 8.30. The van der Waals surface area contributed by atoms with Gasteiger partial charge in [-0.15, -0.1) is 0 Å². The zero-order chi connectivity index (χ0) is 34.1. The molecule has 0 saturated heterocycles. The number of benzene rings is 8. The molecule has 1 aliphatic rings. The van der Waals surface area contributed by atoms with E-state index < -0.39 is 8.07 Å². The molecule has 2 heterocycles. The van der Waals surface area contributed by atoms with Crippen LogP contribution in [-0.2, 0) is 0 Å². The van der Waals surface area contributed by atoms with E-state index in [4.69, 9.17) is 4.42 Å². The van der Waals surface area contributed by atoms with Crippen molar-refractivity contribution in [2.45, 2.75) is 13.1 Å². The molecular formula is C48H35NOSi. The van der Waals surface area contributed by atoms with Crippen LogP contribution >= 0.6 is 0 Å². The second-order valence-electron chi connectivity index (χ2n) is 14.1. The Balaban J connectivity index is 1.15. The minimum atomic E-state index is -2.06. The number of anilines is 3. The van der Waals surface area contributed by atoms with Crippen molar-refractivity contribution in [3.05, 3.63) is 176 Å². The third-order valence-electron chi connectivity index (χ3n) is 10.9. The predicted molar refractivity (Wildman–Crippen MR) is 219 cm³/mol. The SMILES string of the molecule is C[Si]1(C)c2cc(N(c3ccc(-c4ccc5ccccc5c4)cc3)c3ccccc3-c3ccccc3)ccc2-c2c1ccc1oc3ccccc3c21. The average Bonchev–Trinajstić information content (AvgIpc) is 3.67. The molecule has 242 valence electrons. The molecule has 51 heavy (non-hydrogen) atoms. The van der Waals surface area contributed by atoms with Crippen LogP contribution in [0.3, 0.4) is 0 Å². The number of furan rings is 1. The topological polar surface area (TPSA) is 16.4 Å². The molecule has 0 N–H and O–H groups in total. The zero-order valence-corrected chi connectivity index (χ0v) is 29.6. The van der Waals surface area contributed by atoms with Gasteiger partial charge in [-0.05, 0) is 97.5 Å². The Labute approximate surface area is 298 Å². The Morgan fingerprint density at radius 3 is 2.02 bits per heavy atom. The van der Waals surface area contributed by atoms with Gasteiger partial charge in [0, 0.05) is 27.7 Å². The zero-order valence-electron chi connectivity index (χ0n) is 28.6. The fraction of sp³-hybridized carbons (Fsp3) is 0.0417. The van der Waals surface area contributed by atoms with Crippen molar-refractivity contribution in [1.82, 2.24) is 0 Å². The van der Waals surface area contributed by atoms with E-state index in [9.17, 15) is 0 Å². The fourth-order valence-corrected chi connectivity index (χ4v) is 11.4. The molecule has 0 unspecified atom stereocenters. The average molecular weight is 670 g/mol. The van der Waals surface area contributed by atoms with Gasteiger partial charge in [0.05, 0.1) is 5.69 Å². The van der Waals surface area contributed by atoms with Crippen molar-refractivity contribution in [2.75, 3.05) is 4.90 Å². The van der Waals surface area contributed by atoms with E-state index >= 15 is 0 Å². The van der Waals surface area contributed by atoms with Gasteiger partial charge < -0.3 is 9.32 Å². The highest BCUT2D eigenvalue weighted by molar-refractivity contribution is 7.04. The Morgan fingerprint density at radius 1 is 0.451 bits per heavy atom. The summed E-state index contributed by atoms with van der Waals surface area (Å²) in [6, 6.07) is 64.0. The molecule has 1 aromatic heterocycles. The summed E-state index contributed by atoms with van der Waals surface area (Å²) < 4.78 is 6.36. The van der Waals surface area contributed by atoms with Gasteiger partial charge >= 0.3 is 0 Å². The molecule has 0 atom stereocenters. The molecule has 0 amide bonds. The summed E-state index contributed by atoms with van der Waals surface area (Å²) in [4.78, 5) is 2.45. The van der Waals surface area contributed by atoms with Gasteiger partial charge in [-0.1, -0.05) is 140 Å². The predicted octanol–water partition coefficient (Wildman–Crippen LogP) is 12.3.